The summed E-state index contributed by atoms with van der Waals surface area (Å²) in [5, 5.41) is 0.572. The Bertz CT molecular complexity index is 1180. The monoisotopic (exact) mass is 446 g/mol. The third-order valence-corrected chi connectivity index (χ3v) is 5.71. The molecule has 0 saturated heterocycles. The van der Waals surface area contributed by atoms with E-state index in [4.69, 9.17) is 16.3 Å². The van der Waals surface area contributed by atoms with Crippen LogP contribution in [0.3, 0.4) is 0 Å². The van der Waals surface area contributed by atoms with Gasteiger partial charge in [0.25, 0.3) is 0 Å². The van der Waals surface area contributed by atoms with Crippen molar-refractivity contribution in [2.24, 2.45) is 7.05 Å². The first-order chi connectivity index (χ1) is 14.1. The molecule has 0 aliphatic rings. The van der Waals surface area contributed by atoms with E-state index in [1.807, 2.05) is 30.7 Å². The summed E-state index contributed by atoms with van der Waals surface area (Å²) >= 11 is 5.94. The summed E-state index contributed by atoms with van der Waals surface area (Å²) in [6.07, 6.45) is 1.63. The number of hydrogen-bond donors (Lipinski definition) is 1. The number of rotatable bonds is 7. The van der Waals surface area contributed by atoms with E-state index in [2.05, 4.69) is 4.72 Å². The van der Waals surface area contributed by atoms with E-state index >= 15 is 0 Å². The Balaban J connectivity index is 1.95. The topological polar surface area (TPSA) is 77.4 Å². The van der Waals surface area contributed by atoms with Gasteiger partial charge in [-0.3, -0.25) is 9.52 Å². The van der Waals surface area contributed by atoms with Gasteiger partial charge in [-0.2, -0.15) is 0 Å². The lowest BCUT2D eigenvalue weighted by Gasteiger charge is -2.10. The maximum absolute atomic E-state index is 13.1. The van der Waals surface area contributed by atoms with Crippen LogP contribution >= 0.6 is 11.6 Å². The van der Waals surface area contributed by atoms with Crippen molar-refractivity contribution in [1.29, 1.82) is 0 Å². The molecule has 0 bridgehead atoms. The Kier molecular flexibility index (Phi) is 6.24. The third kappa shape index (κ3) is 4.68. The van der Waals surface area contributed by atoms with Crippen molar-refractivity contribution in [3.8, 4) is 5.75 Å². The molecular formula is C22H23ClN2O4S. The van der Waals surface area contributed by atoms with E-state index in [9.17, 15) is 13.2 Å². The van der Waals surface area contributed by atoms with Gasteiger partial charge in [-0.05, 0) is 48.9 Å². The Morgan fingerprint density at radius 3 is 2.23 bits per heavy atom. The molecule has 0 aliphatic heterocycles. The summed E-state index contributed by atoms with van der Waals surface area (Å²) in [5.74, 6) is 0.553. The highest BCUT2D eigenvalue weighted by atomic mass is 35.5. The van der Waals surface area contributed by atoms with Crippen molar-refractivity contribution in [2.45, 2.75) is 13.3 Å². The molecule has 30 heavy (non-hydrogen) atoms. The smallest absolute Gasteiger partial charge is 0.229 e. The maximum atomic E-state index is 13.1. The minimum absolute atomic E-state index is 0.107. The van der Waals surface area contributed by atoms with Crippen LogP contribution < -0.4 is 9.46 Å². The molecular weight excluding hydrogens is 424 g/mol. The van der Waals surface area contributed by atoms with Crippen molar-refractivity contribution < 1.29 is 17.9 Å². The molecule has 158 valence electrons. The number of hydrogen-bond acceptors (Lipinski definition) is 4. The second-order valence-corrected chi connectivity index (χ2v) is 9.28. The Morgan fingerprint density at radius 2 is 1.70 bits per heavy atom. The van der Waals surface area contributed by atoms with Gasteiger partial charge in [0.15, 0.2) is 0 Å². The van der Waals surface area contributed by atoms with Crippen molar-refractivity contribution in [1.82, 2.24) is 4.57 Å². The number of halogens is 1. The molecule has 0 saturated carbocycles. The third-order valence-electron chi connectivity index (χ3n) is 4.85. The van der Waals surface area contributed by atoms with Crippen molar-refractivity contribution >= 4 is 33.1 Å². The summed E-state index contributed by atoms with van der Waals surface area (Å²) in [5.41, 5.74) is 4.18. The number of ether oxygens (including phenoxy) is 1. The van der Waals surface area contributed by atoms with Gasteiger partial charge in [-0.25, -0.2) is 8.42 Å². The number of benzene rings is 2. The van der Waals surface area contributed by atoms with Gasteiger partial charge in [-0.15, -0.1) is 0 Å². The Hall–Kier alpha value is -2.77. The molecule has 2 aromatic carbocycles. The normalized spacial score (nSPS) is 11.4. The summed E-state index contributed by atoms with van der Waals surface area (Å²) in [4.78, 5) is 13.1. The molecule has 0 atom stereocenters. The Morgan fingerprint density at radius 1 is 1.10 bits per heavy atom. The van der Waals surface area contributed by atoms with Crippen molar-refractivity contribution in [3.63, 3.8) is 0 Å². The van der Waals surface area contributed by atoms with E-state index in [0.29, 0.717) is 34.1 Å². The number of ketones is 1. The minimum Gasteiger partial charge on any atom is -0.495 e. The predicted molar refractivity (Wildman–Crippen MR) is 119 cm³/mol. The fourth-order valence-corrected chi connectivity index (χ4v) is 4.18. The van der Waals surface area contributed by atoms with Gasteiger partial charge >= 0.3 is 0 Å². The minimum atomic E-state index is -3.33. The van der Waals surface area contributed by atoms with Gasteiger partial charge in [0.05, 0.1) is 24.8 Å². The van der Waals surface area contributed by atoms with E-state index in [1.165, 1.54) is 0 Å². The lowest BCUT2D eigenvalue weighted by Crippen LogP contribution is -2.11. The molecule has 3 aromatic rings. The number of carbonyl (C=O) groups excluding carboxylic acids is 1. The van der Waals surface area contributed by atoms with E-state index in [-0.39, 0.29) is 5.78 Å². The molecule has 0 aliphatic carbocycles. The second-order valence-electron chi connectivity index (χ2n) is 7.10. The number of methoxy groups -OCH3 is 1. The van der Waals surface area contributed by atoms with Crippen LogP contribution in [0, 0.1) is 6.92 Å². The van der Waals surface area contributed by atoms with Gasteiger partial charge in [0, 0.05) is 35.3 Å². The van der Waals surface area contributed by atoms with Crippen LogP contribution in [-0.2, 0) is 23.5 Å². The van der Waals surface area contributed by atoms with Crippen LogP contribution in [0.1, 0.15) is 32.9 Å². The first kappa shape index (κ1) is 21.9. The van der Waals surface area contributed by atoms with Gasteiger partial charge in [-0.1, -0.05) is 23.7 Å². The highest BCUT2D eigenvalue weighted by Gasteiger charge is 2.24. The summed E-state index contributed by atoms with van der Waals surface area (Å²) in [7, 11) is 0.0986. The average Bonchev–Trinajstić information content (AvgIpc) is 2.91. The predicted octanol–water partition coefficient (Wildman–Crippen LogP) is 4.19. The summed E-state index contributed by atoms with van der Waals surface area (Å²) in [6, 6.07) is 13.9. The molecule has 8 heteroatoms. The number of nitrogens with zero attached hydrogens (tertiary/aromatic N) is 1. The van der Waals surface area contributed by atoms with Crippen LogP contribution in [0.4, 0.5) is 5.69 Å². The molecule has 3 rings (SSSR count). The maximum Gasteiger partial charge on any atom is 0.229 e. The van der Waals surface area contributed by atoms with E-state index in [1.54, 1.807) is 43.5 Å². The summed E-state index contributed by atoms with van der Waals surface area (Å²) in [6.45, 7) is 1.87. The van der Waals surface area contributed by atoms with Gasteiger partial charge in [0.2, 0.25) is 15.8 Å². The fourth-order valence-electron chi connectivity index (χ4n) is 3.49. The van der Waals surface area contributed by atoms with E-state index in [0.717, 1.165) is 23.1 Å². The number of sulfonamides is 1. The van der Waals surface area contributed by atoms with Gasteiger partial charge < -0.3 is 9.30 Å². The molecule has 1 heterocycles. The molecule has 0 amide bonds. The standard InChI is InChI=1S/C22H23ClN2O4S/c1-14-20(21(26)16-7-9-17(23)10-8-16)25(2)19(22(14)29-3)13-15-5-11-18(12-6-15)24-30(4,27)28/h5-12,24H,13H2,1-4H3. The highest BCUT2D eigenvalue weighted by molar-refractivity contribution is 7.92. The van der Waals surface area contributed by atoms with Crippen molar-refractivity contribution in [3.05, 3.63) is 81.6 Å². The van der Waals surface area contributed by atoms with Crippen LogP contribution in [0.5, 0.6) is 5.75 Å². The highest BCUT2D eigenvalue weighted by Crippen LogP contribution is 2.32. The van der Waals surface area contributed by atoms with Crippen LogP contribution in [0.2, 0.25) is 5.02 Å². The molecule has 0 spiro atoms. The van der Waals surface area contributed by atoms with Crippen LogP contribution in [0.15, 0.2) is 48.5 Å². The van der Waals surface area contributed by atoms with E-state index < -0.39 is 10.0 Å². The van der Waals surface area contributed by atoms with Crippen molar-refractivity contribution in [2.75, 3.05) is 18.1 Å². The first-order valence-corrected chi connectivity index (χ1v) is 11.5. The fraction of sp³-hybridized carbons (Fsp3) is 0.227. The second kappa shape index (κ2) is 8.53. The molecule has 6 nitrogen and oxygen atoms in total. The summed E-state index contributed by atoms with van der Waals surface area (Å²) < 4.78 is 32.7. The lowest BCUT2D eigenvalue weighted by atomic mass is 10.1. The van der Waals surface area contributed by atoms with Crippen LogP contribution in [0.25, 0.3) is 0 Å². The first-order valence-electron chi connectivity index (χ1n) is 9.20. The zero-order valence-electron chi connectivity index (χ0n) is 17.2. The average molecular weight is 447 g/mol. The number of nitrogens with one attached hydrogen (secondary N) is 1. The molecule has 0 unspecified atom stereocenters. The SMILES string of the molecule is COc1c(C)c(C(=O)c2ccc(Cl)cc2)n(C)c1Cc1ccc(NS(C)(=O)=O)cc1. The molecule has 1 aromatic heterocycles. The Labute approximate surface area is 181 Å². The largest absolute Gasteiger partial charge is 0.495 e. The number of anilines is 1. The quantitative estimate of drug-likeness (QED) is 0.552. The zero-order valence-corrected chi connectivity index (χ0v) is 18.8. The lowest BCUT2D eigenvalue weighted by molar-refractivity contribution is 0.103. The molecule has 0 radical (unpaired) electrons. The molecule has 1 N–H and O–H groups in total. The number of aromatic nitrogens is 1. The van der Waals surface area contributed by atoms with Gasteiger partial charge in [0.1, 0.15) is 5.75 Å². The zero-order chi connectivity index (χ0) is 22.1. The molecule has 0 fully saturated rings. The van der Waals surface area contributed by atoms with Crippen LogP contribution in [-0.4, -0.2) is 32.1 Å². The number of carbonyl (C=O) groups is 1.